The van der Waals surface area contributed by atoms with E-state index < -0.39 is 0 Å². The molecule has 0 amide bonds. The second-order valence-electron chi connectivity index (χ2n) is 12.8. The molecule has 0 aliphatic heterocycles. The normalized spacial score (nSPS) is 11.9. The summed E-state index contributed by atoms with van der Waals surface area (Å²) < 4.78 is 14.9. The first kappa shape index (κ1) is 27.9. The minimum absolute atomic E-state index is 0.582. The highest BCUT2D eigenvalue weighted by Crippen LogP contribution is 2.39. The van der Waals surface area contributed by atoms with Crippen LogP contribution in [-0.2, 0) is 0 Å². The molecule has 238 valence electrons. The zero-order chi connectivity index (χ0) is 33.5. The summed E-state index contributed by atoms with van der Waals surface area (Å²) in [6.45, 7) is 0. The molecule has 0 radical (unpaired) electrons. The van der Waals surface area contributed by atoms with E-state index in [0.29, 0.717) is 17.5 Å². The van der Waals surface area contributed by atoms with Crippen LogP contribution in [0.1, 0.15) is 0 Å². The molecule has 0 aliphatic carbocycles. The lowest BCUT2D eigenvalue weighted by molar-refractivity contribution is 0.668. The summed E-state index contributed by atoms with van der Waals surface area (Å²) >= 11 is 0. The first-order valence-electron chi connectivity index (χ1n) is 16.9. The number of hydrogen-bond donors (Lipinski definition) is 0. The van der Waals surface area contributed by atoms with Gasteiger partial charge in [-0.2, -0.15) is 0 Å². The summed E-state index contributed by atoms with van der Waals surface area (Å²) in [5.74, 6) is 1.77. The largest absolute Gasteiger partial charge is 0.456 e. The molecule has 7 aromatic carbocycles. The molecular formula is C45H26N4O2. The first-order chi connectivity index (χ1) is 25.3. The average Bonchev–Trinajstić information content (AvgIpc) is 3.87. The third-order valence-corrected chi connectivity index (χ3v) is 9.86. The van der Waals surface area contributed by atoms with E-state index in [1.54, 1.807) is 0 Å². The molecule has 4 aromatic heterocycles. The van der Waals surface area contributed by atoms with Crippen molar-refractivity contribution in [3.63, 3.8) is 0 Å². The number of aromatic nitrogens is 4. The van der Waals surface area contributed by atoms with Crippen LogP contribution in [0.15, 0.2) is 167 Å². The molecule has 0 saturated carbocycles. The van der Waals surface area contributed by atoms with E-state index in [0.717, 1.165) is 77.3 Å². The maximum absolute atomic E-state index is 6.38. The second kappa shape index (κ2) is 10.7. The Hall–Kier alpha value is -7.05. The molecule has 0 saturated heterocycles. The van der Waals surface area contributed by atoms with E-state index in [2.05, 4.69) is 89.5 Å². The maximum atomic E-state index is 6.38. The van der Waals surface area contributed by atoms with Crippen molar-refractivity contribution in [2.45, 2.75) is 0 Å². The fourth-order valence-electron chi connectivity index (χ4n) is 7.55. The lowest BCUT2D eigenvalue weighted by Gasteiger charge is -2.09. The van der Waals surface area contributed by atoms with Crippen molar-refractivity contribution in [2.75, 3.05) is 0 Å². The molecule has 4 heterocycles. The van der Waals surface area contributed by atoms with Crippen molar-refractivity contribution >= 4 is 65.7 Å². The number of para-hydroxylation sites is 3. The van der Waals surface area contributed by atoms with Gasteiger partial charge in [0, 0.05) is 54.7 Å². The van der Waals surface area contributed by atoms with Crippen LogP contribution in [0.3, 0.4) is 0 Å². The van der Waals surface area contributed by atoms with Gasteiger partial charge in [-0.1, -0.05) is 97.1 Å². The Morgan fingerprint density at radius 3 is 1.73 bits per heavy atom. The summed E-state index contributed by atoms with van der Waals surface area (Å²) in [5.41, 5.74) is 9.33. The Morgan fingerprint density at radius 2 is 0.941 bits per heavy atom. The minimum Gasteiger partial charge on any atom is -0.456 e. The van der Waals surface area contributed by atoms with Crippen LogP contribution >= 0.6 is 0 Å². The number of furan rings is 2. The van der Waals surface area contributed by atoms with Crippen LogP contribution in [0.4, 0.5) is 0 Å². The molecule has 11 aromatic rings. The Balaban J connectivity index is 1.12. The average molecular weight is 655 g/mol. The lowest BCUT2D eigenvalue weighted by Crippen LogP contribution is -2.00. The van der Waals surface area contributed by atoms with Gasteiger partial charge in [0.05, 0.1) is 11.0 Å². The molecule has 6 nitrogen and oxygen atoms in total. The Labute approximate surface area is 290 Å². The molecule has 0 fully saturated rings. The minimum atomic E-state index is 0.582. The highest BCUT2D eigenvalue weighted by molar-refractivity contribution is 6.12. The topological polar surface area (TPSA) is 69.9 Å². The summed E-state index contributed by atoms with van der Waals surface area (Å²) in [5, 5.41) is 6.49. The lowest BCUT2D eigenvalue weighted by atomic mass is 10.0. The standard InChI is InChI=1S/C45H26N4O2/c1-2-11-27(12-3-1)43-46-44(48-45(47-43)33-16-10-20-41-42(33)32-15-6-9-19-38(32)51-41)28-21-23-39-34(25-28)35-26-29(22-24-40(35)50-39)49-36-17-7-4-13-30(36)31-14-5-8-18-37(31)49/h1-26H. The Morgan fingerprint density at radius 1 is 0.373 bits per heavy atom. The van der Waals surface area contributed by atoms with Crippen LogP contribution in [0.5, 0.6) is 0 Å². The highest BCUT2D eigenvalue weighted by Gasteiger charge is 2.19. The van der Waals surface area contributed by atoms with Gasteiger partial charge in [0.1, 0.15) is 22.3 Å². The van der Waals surface area contributed by atoms with Crippen LogP contribution in [-0.4, -0.2) is 19.5 Å². The van der Waals surface area contributed by atoms with Gasteiger partial charge in [-0.3, -0.25) is 0 Å². The van der Waals surface area contributed by atoms with E-state index in [1.807, 2.05) is 72.8 Å². The van der Waals surface area contributed by atoms with E-state index >= 15 is 0 Å². The summed E-state index contributed by atoms with van der Waals surface area (Å²) in [6.07, 6.45) is 0. The molecule has 0 atom stereocenters. The molecule has 0 spiro atoms. The summed E-state index contributed by atoms with van der Waals surface area (Å²) in [7, 11) is 0. The van der Waals surface area contributed by atoms with Crippen molar-refractivity contribution in [3.05, 3.63) is 158 Å². The number of nitrogens with zero attached hydrogens (tertiary/aromatic N) is 4. The molecule has 0 aliphatic rings. The molecule has 6 heteroatoms. The van der Waals surface area contributed by atoms with Crippen molar-refractivity contribution in [1.29, 1.82) is 0 Å². The van der Waals surface area contributed by atoms with Gasteiger partial charge in [0.15, 0.2) is 17.5 Å². The van der Waals surface area contributed by atoms with Crippen LogP contribution in [0.25, 0.3) is 106 Å². The molecular weight excluding hydrogens is 629 g/mol. The monoisotopic (exact) mass is 654 g/mol. The van der Waals surface area contributed by atoms with Crippen molar-refractivity contribution in [2.24, 2.45) is 0 Å². The zero-order valence-corrected chi connectivity index (χ0v) is 27.1. The molecule has 0 bridgehead atoms. The number of rotatable bonds is 4. The van der Waals surface area contributed by atoms with E-state index in [9.17, 15) is 0 Å². The molecule has 0 N–H and O–H groups in total. The summed E-state index contributed by atoms with van der Waals surface area (Å²) in [4.78, 5) is 15.2. The van der Waals surface area contributed by atoms with Crippen LogP contribution in [0.2, 0.25) is 0 Å². The third-order valence-electron chi connectivity index (χ3n) is 9.86. The van der Waals surface area contributed by atoms with E-state index in [1.165, 1.54) is 10.8 Å². The quantitative estimate of drug-likeness (QED) is 0.189. The molecule has 51 heavy (non-hydrogen) atoms. The Bertz CT molecular complexity index is 3100. The van der Waals surface area contributed by atoms with Gasteiger partial charge in [-0.25, -0.2) is 15.0 Å². The SMILES string of the molecule is c1ccc(-c2nc(-c3ccc4oc5ccc(-n6c7ccccc7c7ccccc76)cc5c4c3)nc(-c3cccc4oc5ccccc5c34)n2)cc1. The van der Waals surface area contributed by atoms with Crippen molar-refractivity contribution in [1.82, 2.24) is 19.5 Å². The smallest absolute Gasteiger partial charge is 0.164 e. The van der Waals surface area contributed by atoms with E-state index in [-0.39, 0.29) is 0 Å². The molecule has 11 rings (SSSR count). The van der Waals surface area contributed by atoms with Gasteiger partial charge in [0.2, 0.25) is 0 Å². The fourth-order valence-corrected chi connectivity index (χ4v) is 7.55. The first-order valence-corrected chi connectivity index (χ1v) is 16.9. The predicted octanol–water partition coefficient (Wildman–Crippen LogP) is 11.8. The van der Waals surface area contributed by atoms with Crippen LogP contribution < -0.4 is 0 Å². The van der Waals surface area contributed by atoms with Gasteiger partial charge in [0.25, 0.3) is 0 Å². The van der Waals surface area contributed by atoms with Crippen LogP contribution in [0, 0.1) is 0 Å². The van der Waals surface area contributed by atoms with Gasteiger partial charge in [-0.15, -0.1) is 0 Å². The van der Waals surface area contributed by atoms with Gasteiger partial charge in [-0.05, 0) is 60.7 Å². The fraction of sp³-hybridized carbons (Fsp3) is 0. The number of benzene rings is 7. The second-order valence-corrected chi connectivity index (χ2v) is 12.8. The van der Waals surface area contributed by atoms with Crippen molar-refractivity contribution < 1.29 is 8.83 Å². The third kappa shape index (κ3) is 4.26. The van der Waals surface area contributed by atoms with Gasteiger partial charge < -0.3 is 13.4 Å². The molecule has 0 unspecified atom stereocenters. The maximum Gasteiger partial charge on any atom is 0.164 e. The zero-order valence-electron chi connectivity index (χ0n) is 27.1. The van der Waals surface area contributed by atoms with Crippen molar-refractivity contribution in [3.8, 4) is 39.9 Å². The summed E-state index contributed by atoms with van der Waals surface area (Å²) in [6, 6.07) is 53.9. The van der Waals surface area contributed by atoms with Gasteiger partial charge >= 0.3 is 0 Å². The highest BCUT2D eigenvalue weighted by atomic mass is 16.3. The number of hydrogen-bond acceptors (Lipinski definition) is 5. The van der Waals surface area contributed by atoms with E-state index in [4.69, 9.17) is 23.8 Å². The Kier molecular flexibility index (Phi) is 5.86. The predicted molar refractivity (Wildman–Crippen MR) is 205 cm³/mol. The number of fused-ring (bicyclic) bond motifs is 9.